The monoisotopic (exact) mass is 422 g/mol. The van der Waals surface area contributed by atoms with Gasteiger partial charge in [0.25, 0.3) is 0 Å². The van der Waals surface area contributed by atoms with E-state index in [4.69, 9.17) is 9.47 Å². The lowest BCUT2D eigenvalue weighted by atomic mass is 10.1. The minimum atomic E-state index is -0.503. The zero-order valence-electron chi connectivity index (χ0n) is 18.3. The normalized spacial score (nSPS) is 16.3. The molecule has 0 bridgehead atoms. The summed E-state index contributed by atoms with van der Waals surface area (Å²) in [5.41, 5.74) is 1.34. The van der Waals surface area contributed by atoms with Crippen LogP contribution in [-0.4, -0.2) is 51.1 Å². The van der Waals surface area contributed by atoms with Crippen molar-refractivity contribution < 1.29 is 24.8 Å². The van der Waals surface area contributed by atoms with Crippen LogP contribution in [0, 0.1) is 0 Å². The van der Waals surface area contributed by atoms with Crippen molar-refractivity contribution in [1.82, 2.24) is 0 Å². The largest absolute Gasteiger partial charge is 0.497 e. The molecule has 3 aromatic rings. The van der Waals surface area contributed by atoms with Crippen molar-refractivity contribution in [2.24, 2.45) is 0 Å². The van der Waals surface area contributed by atoms with E-state index in [-0.39, 0.29) is 0 Å². The Morgan fingerprint density at radius 1 is 0.903 bits per heavy atom. The molecule has 0 spiro atoms. The summed E-state index contributed by atoms with van der Waals surface area (Å²) in [5, 5.41) is 15.0. The van der Waals surface area contributed by atoms with Crippen molar-refractivity contribution in [3.63, 3.8) is 0 Å². The molecule has 31 heavy (non-hydrogen) atoms. The highest BCUT2D eigenvalue weighted by Crippen LogP contribution is 2.20. The quantitative estimate of drug-likeness (QED) is 0.465. The van der Waals surface area contributed by atoms with Crippen molar-refractivity contribution in [2.75, 3.05) is 39.9 Å². The third-order valence-electron chi connectivity index (χ3n) is 6.26. The number of likely N-dealkylation sites (tertiary alicyclic amines) is 1. The van der Waals surface area contributed by atoms with Gasteiger partial charge >= 0.3 is 0 Å². The number of nitrogens with two attached hydrogens (primary N) is 1. The number of fused-ring (bicyclic) bond motifs is 1. The Labute approximate surface area is 184 Å². The topological polar surface area (TPSA) is 59.7 Å². The molecule has 0 saturated carbocycles. The van der Waals surface area contributed by atoms with E-state index in [1.807, 2.05) is 36.4 Å². The van der Waals surface area contributed by atoms with Crippen LogP contribution in [0.2, 0.25) is 0 Å². The first-order valence-corrected chi connectivity index (χ1v) is 11.3. The first-order chi connectivity index (χ1) is 15.2. The van der Waals surface area contributed by atoms with Crippen molar-refractivity contribution in [3.05, 3.63) is 72.3 Å². The van der Waals surface area contributed by atoms with E-state index in [2.05, 4.69) is 35.6 Å². The average Bonchev–Trinajstić information content (AvgIpc) is 3.35. The Bertz CT molecular complexity index is 954. The molecule has 0 unspecified atom stereocenters. The van der Waals surface area contributed by atoms with Crippen molar-refractivity contribution in [1.29, 1.82) is 0 Å². The Balaban J connectivity index is 1.28. The molecular formula is C26H34N2O3+2. The van der Waals surface area contributed by atoms with Gasteiger partial charge in [0, 0.05) is 18.4 Å². The lowest BCUT2D eigenvalue weighted by Gasteiger charge is -2.24. The van der Waals surface area contributed by atoms with Gasteiger partial charge in [-0.05, 0) is 47.2 Å². The van der Waals surface area contributed by atoms with Crippen LogP contribution in [0.15, 0.2) is 66.7 Å². The van der Waals surface area contributed by atoms with Gasteiger partial charge < -0.3 is 24.8 Å². The number of aliphatic hydroxyl groups excluding tert-OH is 1. The van der Waals surface area contributed by atoms with Crippen molar-refractivity contribution >= 4 is 10.8 Å². The maximum Gasteiger partial charge on any atom is 0.163 e. The number of methoxy groups -OCH3 is 1. The Hall–Kier alpha value is -2.60. The lowest BCUT2D eigenvalue weighted by molar-refractivity contribution is -0.934. The Kier molecular flexibility index (Phi) is 7.41. The predicted octanol–water partition coefficient (Wildman–Crippen LogP) is 1.57. The summed E-state index contributed by atoms with van der Waals surface area (Å²) in [4.78, 5) is 1.64. The lowest BCUT2D eigenvalue weighted by Crippen LogP contribution is -3.13. The van der Waals surface area contributed by atoms with E-state index < -0.39 is 6.10 Å². The molecule has 4 rings (SSSR count). The van der Waals surface area contributed by atoms with Crippen LogP contribution in [-0.2, 0) is 0 Å². The number of quaternary nitrogens is 2. The second-order valence-corrected chi connectivity index (χ2v) is 8.42. The van der Waals surface area contributed by atoms with Gasteiger partial charge in [-0.1, -0.05) is 30.3 Å². The van der Waals surface area contributed by atoms with Crippen LogP contribution >= 0.6 is 0 Å². The Morgan fingerprint density at radius 3 is 2.35 bits per heavy atom. The fourth-order valence-corrected chi connectivity index (χ4v) is 4.53. The number of nitrogens with one attached hydrogen (secondary N) is 1. The minimum Gasteiger partial charge on any atom is -0.497 e. The molecule has 3 aromatic carbocycles. The second-order valence-electron chi connectivity index (χ2n) is 8.42. The SMILES string of the molecule is COc1ccc([C@@H](C[NH2+]C[C@@H](O)COc2ccc3ccccc3c2)[NH+]2CCCC2)cc1. The van der Waals surface area contributed by atoms with Crippen LogP contribution < -0.4 is 19.7 Å². The molecule has 1 aliphatic rings. The van der Waals surface area contributed by atoms with Gasteiger partial charge in [-0.2, -0.15) is 0 Å². The van der Waals surface area contributed by atoms with Gasteiger partial charge in [0.1, 0.15) is 37.3 Å². The summed E-state index contributed by atoms with van der Waals surface area (Å²) >= 11 is 0. The zero-order chi connectivity index (χ0) is 21.5. The molecule has 0 radical (unpaired) electrons. The van der Waals surface area contributed by atoms with Gasteiger partial charge in [0.2, 0.25) is 0 Å². The molecule has 1 heterocycles. The Morgan fingerprint density at radius 2 is 1.61 bits per heavy atom. The van der Waals surface area contributed by atoms with Gasteiger partial charge in [0.05, 0.1) is 20.2 Å². The van der Waals surface area contributed by atoms with E-state index in [0.717, 1.165) is 23.4 Å². The molecule has 2 atom stereocenters. The van der Waals surface area contributed by atoms with E-state index in [0.29, 0.717) is 19.2 Å². The summed E-state index contributed by atoms with van der Waals surface area (Å²) in [7, 11) is 1.70. The van der Waals surface area contributed by atoms with Gasteiger partial charge in [-0.3, -0.25) is 0 Å². The molecule has 0 aliphatic carbocycles. The third-order valence-corrected chi connectivity index (χ3v) is 6.26. The third kappa shape index (κ3) is 5.76. The van der Waals surface area contributed by atoms with E-state index in [9.17, 15) is 5.11 Å². The van der Waals surface area contributed by atoms with Crippen LogP contribution in [0.25, 0.3) is 10.8 Å². The number of ether oxygens (including phenoxy) is 2. The summed E-state index contributed by atoms with van der Waals surface area (Å²) < 4.78 is 11.2. The number of benzene rings is 3. The number of hydrogen-bond acceptors (Lipinski definition) is 3. The maximum atomic E-state index is 10.5. The second kappa shape index (κ2) is 10.6. The summed E-state index contributed by atoms with van der Waals surface area (Å²) in [5.74, 6) is 1.69. The number of rotatable bonds is 10. The highest BCUT2D eigenvalue weighted by molar-refractivity contribution is 5.83. The molecule has 1 saturated heterocycles. The van der Waals surface area contributed by atoms with Crippen LogP contribution in [0.1, 0.15) is 24.4 Å². The standard InChI is InChI=1S/C26H32N2O3/c1-30-24-11-9-21(10-12-24)26(28-14-4-5-15-28)18-27-17-23(29)19-31-25-13-8-20-6-2-3-7-22(20)16-25/h2-3,6-13,16,23,26-27,29H,4-5,14-15,17-19H2,1H3/p+2/t23-,26-/m1/s1. The molecule has 5 heteroatoms. The first kappa shape index (κ1) is 21.6. The van der Waals surface area contributed by atoms with Crippen LogP contribution in [0.4, 0.5) is 0 Å². The number of aliphatic hydroxyl groups is 1. The summed E-state index contributed by atoms with van der Waals surface area (Å²) in [6.07, 6.45) is 2.09. The molecule has 1 aliphatic heterocycles. The molecule has 1 fully saturated rings. The van der Waals surface area contributed by atoms with E-state index in [1.165, 1.54) is 36.9 Å². The van der Waals surface area contributed by atoms with Gasteiger partial charge in [0.15, 0.2) is 6.04 Å². The highest BCUT2D eigenvalue weighted by atomic mass is 16.5. The number of hydrogen-bond donors (Lipinski definition) is 3. The highest BCUT2D eigenvalue weighted by Gasteiger charge is 2.29. The van der Waals surface area contributed by atoms with Crippen LogP contribution in [0.5, 0.6) is 11.5 Å². The molecular weight excluding hydrogens is 388 g/mol. The van der Waals surface area contributed by atoms with Crippen molar-refractivity contribution in [2.45, 2.75) is 25.0 Å². The fourth-order valence-electron chi connectivity index (χ4n) is 4.53. The molecule has 5 nitrogen and oxygen atoms in total. The summed E-state index contributed by atoms with van der Waals surface area (Å²) in [6, 6.07) is 23.2. The molecule has 0 amide bonds. The predicted molar refractivity (Wildman–Crippen MR) is 123 cm³/mol. The first-order valence-electron chi connectivity index (χ1n) is 11.3. The average molecular weight is 423 g/mol. The molecule has 4 N–H and O–H groups in total. The van der Waals surface area contributed by atoms with Crippen LogP contribution in [0.3, 0.4) is 0 Å². The van der Waals surface area contributed by atoms with Crippen molar-refractivity contribution in [3.8, 4) is 11.5 Å². The maximum absolute atomic E-state index is 10.5. The smallest absolute Gasteiger partial charge is 0.163 e. The fraction of sp³-hybridized carbons (Fsp3) is 0.385. The molecule has 0 aromatic heterocycles. The van der Waals surface area contributed by atoms with E-state index >= 15 is 0 Å². The summed E-state index contributed by atoms with van der Waals surface area (Å²) in [6.45, 7) is 4.33. The van der Waals surface area contributed by atoms with Gasteiger partial charge in [-0.15, -0.1) is 0 Å². The van der Waals surface area contributed by atoms with Gasteiger partial charge in [-0.25, -0.2) is 0 Å². The minimum absolute atomic E-state index is 0.304. The van der Waals surface area contributed by atoms with E-state index in [1.54, 1.807) is 12.0 Å². The zero-order valence-corrected chi connectivity index (χ0v) is 18.3. The molecule has 164 valence electrons.